The molecule has 0 radical (unpaired) electrons. The van der Waals surface area contributed by atoms with Crippen molar-refractivity contribution in [1.82, 2.24) is 14.5 Å². The van der Waals surface area contributed by atoms with Gasteiger partial charge in [-0.25, -0.2) is 12.7 Å². The molecule has 21 heavy (non-hydrogen) atoms. The van der Waals surface area contributed by atoms with Gasteiger partial charge in [-0.05, 0) is 58.3 Å². The Morgan fingerprint density at radius 3 is 2.29 bits per heavy atom. The van der Waals surface area contributed by atoms with E-state index in [1.54, 1.807) is 4.31 Å². The SMILES string of the molecule is CC(C)CN(CCN(C)C)S(=O)(=O)CCC1CCNCC1. The van der Waals surface area contributed by atoms with Gasteiger partial charge in [-0.15, -0.1) is 0 Å². The predicted molar refractivity (Wildman–Crippen MR) is 89.0 cm³/mol. The van der Waals surface area contributed by atoms with E-state index in [1.165, 1.54) is 0 Å². The molecule has 6 heteroatoms. The van der Waals surface area contributed by atoms with Gasteiger partial charge in [0.15, 0.2) is 0 Å². The number of hydrogen-bond donors (Lipinski definition) is 1. The summed E-state index contributed by atoms with van der Waals surface area (Å²) < 4.78 is 26.9. The number of likely N-dealkylation sites (N-methyl/N-ethyl adjacent to an activating group) is 1. The summed E-state index contributed by atoms with van der Waals surface area (Å²) in [5.41, 5.74) is 0. The average Bonchev–Trinajstić information content (AvgIpc) is 2.42. The van der Waals surface area contributed by atoms with E-state index in [0.717, 1.165) is 38.9 Å². The second-order valence-corrected chi connectivity index (χ2v) is 8.94. The molecule has 1 aliphatic heterocycles. The van der Waals surface area contributed by atoms with Gasteiger partial charge in [0.05, 0.1) is 5.75 Å². The van der Waals surface area contributed by atoms with Gasteiger partial charge in [0.2, 0.25) is 10.0 Å². The molecule has 0 aromatic heterocycles. The van der Waals surface area contributed by atoms with Gasteiger partial charge in [0, 0.05) is 19.6 Å². The number of rotatable bonds is 9. The van der Waals surface area contributed by atoms with Gasteiger partial charge in [-0.1, -0.05) is 13.8 Å². The second-order valence-electron chi connectivity index (χ2n) is 6.85. The Morgan fingerprint density at radius 1 is 1.14 bits per heavy atom. The molecule has 1 N–H and O–H groups in total. The van der Waals surface area contributed by atoms with Crippen molar-refractivity contribution < 1.29 is 8.42 Å². The Kier molecular flexibility index (Phi) is 8.16. The summed E-state index contributed by atoms with van der Waals surface area (Å²) in [4.78, 5) is 2.04. The first kappa shape index (κ1) is 18.9. The molecule has 0 spiro atoms. The highest BCUT2D eigenvalue weighted by atomic mass is 32.2. The molecule has 0 aromatic carbocycles. The minimum absolute atomic E-state index is 0.303. The van der Waals surface area contributed by atoms with Crippen molar-refractivity contribution in [2.45, 2.75) is 33.1 Å². The fourth-order valence-electron chi connectivity index (χ4n) is 2.68. The van der Waals surface area contributed by atoms with Crippen molar-refractivity contribution in [3.8, 4) is 0 Å². The van der Waals surface area contributed by atoms with Crippen molar-refractivity contribution in [3.05, 3.63) is 0 Å². The third-order valence-electron chi connectivity index (χ3n) is 4.00. The summed E-state index contributed by atoms with van der Waals surface area (Å²) in [6.45, 7) is 8.21. The zero-order chi connectivity index (χ0) is 15.9. The second kappa shape index (κ2) is 9.08. The molecular weight excluding hydrogens is 286 g/mol. The van der Waals surface area contributed by atoms with Gasteiger partial charge >= 0.3 is 0 Å². The van der Waals surface area contributed by atoms with Crippen LogP contribution >= 0.6 is 0 Å². The van der Waals surface area contributed by atoms with E-state index in [2.05, 4.69) is 19.2 Å². The molecule has 0 aromatic rings. The Morgan fingerprint density at radius 2 is 1.76 bits per heavy atom. The number of nitrogens with zero attached hydrogens (tertiary/aromatic N) is 2. The lowest BCUT2D eigenvalue weighted by Crippen LogP contribution is -2.40. The molecule has 0 aliphatic carbocycles. The van der Waals surface area contributed by atoms with E-state index >= 15 is 0 Å². The normalized spacial score (nSPS) is 18.0. The number of sulfonamides is 1. The van der Waals surface area contributed by atoms with Crippen LogP contribution in [0.2, 0.25) is 0 Å². The highest BCUT2D eigenvalue weighted by molar-refractivity contribution is 7.89. The molecule has 126 valence electrons. The van der Waals surface area contributed by atoms with Gasteiger partial charge in [-0.3, -0.25) is 0 Å². The topological polar surface area (TPSA) is 52.7 Å². The van der Waals surface area contributed by atoms with E-state index in [9.17, 15) is 8.42 Å². The molecule has 1 rings (SSSR count). The molecule has 1 aliphatic rings. The monoisotopic (exact) mass is 319 g/mol. The van der Waals surface area contributed by atoms with Crippen LogP contribution in [0.25, 0.3) is 0 Å². The van der Waals surface area contributed by atoms with Crippen molar-refractivity contribution in [1.29, 1.82) is 0 Å². The first-order valence-electron chi connectivity index (χ1n) is 8.14. The molecule has 0 bridgehead atoms. The van der Waals surface area contributed by atoms with Gasteiger partial charge < -0.3 is 10.2 Å². The van der Waals surface area contributed by atoms with Gasteiger partial charge in [-0.2, -0.15) is 0 Å². The zero-order valence-electron chi connectivity index (χ0n) is 14.1. The lowest BCUT2D eigenvalue weighted by atomic mass is 9.96. The number of nitrogens with one attached hydrogen (secondary N) is 1. The number of piperidine rings is 1. The maximum Gasteiger partial charge on any atom is 0.214 e. The summed E-state index contributed by atoms with van der Waals surface area (Å²) in [7, 11) is 0.836. The fraction of sp³-hybridized carbons (Fsp3) is 1.00. The van der Waals surface area contributed by atoms with Crippen molar-refractivity contribution in [2.75, 3.05) is 52.6 Å². The molecule has 0 unspecified atom stereocenters. The Balaban J connectivity index is 2.55. The molecular formula is C15H33N3O2S. The summed E-state index contributed by atoms with van der Waals surface area (Å²) in [5, 5.41) is 3.33. The summed E-state index contributed by atoms with van der Waals surface area (Å²) in [5.74, 6) is 1.23. The average molecular weight is 320 g/mol. The lowest BCUT2D eigenvalue weighted by Gasteiger charge is -2.27. The zero-order valence-corrected chi connectivity index (χ0v) is 15.0. The van der Waals surface area contributed by atoms with E-state index in [4.69, 9.17) is 0 Å². The first-order chi connectivity index (χ1) is 9.81. The van der Waals surface area contributed by atoms with E-state index < -0.39 is 10.0 Å². The number of hydrogen-bond acceptors (Lipinski definition) is 4. The largest absolute Gasteiger partial charge is 0.317 e. The molecule has 0 atom stereocenters. The minimum Gasteiger partial charge on any atom is -0.317 e. The third kappa shape index (κ3) is 7.58. The van der Waals surface area contributed by atoms with Crippen LogP contribution in [0.15, 0.2) is 0 Å². The molecule has 0 saturated carbocycles. The molecule has 0 amide bonds. The quantitative estimate of drug-likeness (QED) is 0.694. The highest BCUT2D eigenvalue weighted by Crippen LogP contribution is 2.18. The van der Waals surface area contributed by atoms with Crippen LogP contribution in [0.5, 0.6) is 0 Å². The molecule has 1 heterocycles. The fourth-order valence-corrected chi connectivity index (χ4v) is 4.45. The van der Waals surface area contributed by atoms with Crippen LogP contribution in [0.1, 0.15) is 33.1 Å². The predicted octanol–water partition coefficient (Wildman–Crippen LogP) is 1.23. The summed E-state index contributed by atoms with van der Waals surface area (Å²) >= 11 is 0. The minimum atomic E-state index is -3.13. The van der Waals surface area contributed by atoms with Crippen molar-refractivity contribution in [2.24, 2.45) is 11.8 Å². The van der Waals surface area contributed by atoms with Crippen LogP contribution < -0.4 is 5.32 Å². The summed E-state index contributed by atoms with van der Waals surface area (Å²) in [6.07, 6.45) is 3.02. The Hall–Kier alpha value is -0.170. The smallest absolute Gasteiger partial charge is 0.214 e. The van der Waals surface area contributed by atoms with E-state index in [-0.39, 0.29) is 0 Å². The van der Waals surface area contributed by atoms with Gasteiger partial charge in [0.1, 0.15) is 0 Å². The maximum absolute atomic E-state index is 12.6. The maximum atomic E-state index is 12.6. The van der Waals surface area contributed by atoms with Gasteiger partial charge in [0.25, 0.3) is 0 Å². The Bertz CT molecular complexity index is 376. The lowest BCUT2D eigenvalue weighted by molar-refractivity contribution is 0.309. The Labute approximate surface area is 131 Å². The van der Waals surface area contributed by atoms with Crippen LogP contribution in [0.3, 0.4) is 0 Å². The van der Waals surface area contributed by atoms with Crippen LogP contribution in [0.4, 0.5) is 0 Å². The van der Waals surface area contributed by atoms with E-state index in [0.29, 0.717) is 30.7 Å². The molecule has 1 saturated heterocycles. The molecule has 5 nitrogen and oxygen atoms in total. The third-order valence-corrected chi connectivity index (χ3v) is 5.87. The first-order valence-corrected chi connectivity index (χ1v) is 9.75. The van der Waals surface area contributed by atoms with E-state index in [1.807, 2.05) is 19.0 Å². The standard InChI is InChI=1S/C15H33N3O2S/c1-14(2)13-18(11-10-17(3)4)21(19,20)12-7-15-5-8-16-9-6-15/h14-16H,5-13H2,1-4H3. The van der Waals surface area contributed by atoms with Crippen LogP contribution in [-0.4, -0.2) is 70.2 Å². The van der Waals surface area contributed by atoms with Crippen LogP contribution in [0, 0.1) is 11.8 Å². The van der Waals surface area contributed by atoms with Crippen molar-refractivity contribution in [3.63, 3.8) is 0 Å². The van der Waals surface area contributed by atoms with Crippen molar-refractivity contribution >= 4 is 10.0 Å². The summed E-state index contributed by atoms with van der Waals surface area (Å²) in [6, 6.07) is 0. The molecule has 1 fully saturated rings. The highest BCUT2D eigenvalue weighted by Gasteiger charge is 2.24. The van der Waals surface area contributed by atoms with Crippen LogP contribution in [-0.2, 0) is 10.0 Å².